The van der Waals surface area contributed by atoms with Crippen LogP contribution in [0.3, 0.4) is 0 Å². The van der Waals surface area contributed by atoms with Crippen LogP contribution in [0.25, 0.3) is 111 Å². The van der Waals surface area contributed by atoms with Gasteiger partial charge < -0.3 is 9.13 Å². The third kappa shape index (κ3) is 5.96. The van der Waals surface area contributed by atoms with Crippen molar-refractivity contribution in [1.29, 1.82) is 0 Å². The third-order valence-electron chi connectivity index (χ3n) is 12.6. The van der Waals surface area contributed by atoms with Crippen LogP contribution in [0.15, 0.2) is 243 Å². The molecule has 2 heteroatoms. The quantitative estimate of drug-likeness (QED) is 0.152. The van der Waals surface area contributed by atoms with Crippen molar-refractivity contribution in [3.63, 3.8) is 0 Å². The van der Waals surface area contributed by atoms with E-state index in [2.05, 4.69) is 252 Å². The minimum absolute atomic E-state index is 1.14. The number of rotatable bonds is 7. The molecule has 2 heterocycles. The highest BCUT2D eigenvalue weighted by atomic mass is 15.0. The highest BCUT2D eigenvalue weighted by Gasteiger charge is 2.16. The summed E-state index contributed by atoms with van der Waals surface area (Å²) >= 11 is 0. The van der Waals surface area contributed by atoms with E-state index in [1.54, 1.807) is 0 Å². The van der Waals surface area contributed by atoms with E-state index < -0.39 is 0 Å². The lowest BCUT2D eigenvalue weighted by Crippen LogP contribution is -1.95. The first-order valence-electron chi connectivity index (χ1n) is 21.3. The van der Waals surface area contributed by atoms with Gasteiger partial charge in [0.1, 0.15) is 0 Å². The van der Waals surface area contributed by atoms with Gasteiger partial charge in [-0.15, -0.1) is 0 Å². The summed E-state index contributed by atoms with van der Waals surface area (Å²) in [4.78, 5) is 0. The average molecular weight is 789 g/mol. The van der Waals surface area contributed by atoms with Gasteiger partial charge in [0.15, 0.2) is 0 Å². The van der Waals surface area contributed by atoms with Crippen LogP contribution in [0, 0.1) is 0 Å². The molecule has 0 fully saturated rings. The molecule has 0 aliphatic carbocycles. The molecule has 0 radical (unpaired) electrons. The fraction of sp³-hybridized carbons (Fsp3) is 0. The number of para-hydroxylation sites is 4. The molecule has 0 N–H and O–H groups in total. The van der Waals surface area contributed by atoms with Crippen LogP contribution in [0.1, 0.15) is 0 Å². The summed E-state index contributed by atoms with van der Waals surface area (Å²) in [5, 5.41) is 5.06. The molecule has 0 unspecified atom stereocenters. The molecule has 12 rings (SSSR count). The first-order chi connectivity index (χ1) is 30.8. The Kier molecular flexibility index (Phi) is 8.53. The SMILES string of the molecule is c1ccc(-c2ccccc2-c2cccc(-c3ccc(-c4ccc(-n5c6ccccc6c6ccccc65)cc4)c(-c4ccc(-n5c6ccccc6c6ccccc65)cc4)c3)c2)cc1. The van der Waals surface area contributed by atoms with E-state index in [4.69, 9.17) is 0 Å². The smallest absolute Gasteiger partial charge is 0.0541 e. The second kappa shape index (κ2) is 14.8. The number of fused-ring (bicyclic) bond motifs is 6. The number of benzene rings is 10. The van der Waals surface area contributed by atoms with Crippen LogP contribution in [-0.2, 0) is 0 Å². The van der Waals surface area contributed by atoms with Crippen LogP contribution in [-0.4, -0.2) is 9.13 Å². The van der Waals surface area contributed by atoms with Gasteiger partial charge in [0.2, 0.25) is 0 Å². The third-order valence-corrected chi connectivity index (χ3v) is 12.6. The second-order valence-electron chi connectivity index (χ2n) is 16.1. The number of hydrogen-bond acceptors (Lipinski definition) is 0. The molecule has 12 aromatic rings. The zero-order valence-electron chi connectivity index (χ0n) is 34.0. The summed E-state index contributed by atoms with van der Waals surface area (Å²) in [5.41, 5.74) is 19.1. The summed E-state index contributed by atoms with van der Waals surface area (Å²) in [7, 11) is 0. The lowest BCUT2D eigenvalue weighted by atomic mass is 9.89. The Morgan fingerprint density at radius 3 is 1.05 bits per heavy atom. The van der Waals surface area contributed by atoms with Gasteiger partial charge in [0, 0.05) is 32.9 Å². The highest BCUT2D eigenvalue weighted by Crippen LogP contribution is 2.40. The van der Waals surface area contributed by atoms with Crippen molar-refractivity contribution in [2.45, 2.75) is 0 Å². The molecule has 0 atom stereocenters. The monoisotopic (exact) mass is 788 g/mol. The highest BCUT2D eigenvalue weighted by molar-refractivity contribution is 6.10. The Balaban J connectivity index is 0.989. The molecule has 0 saturated carbocycles. The predicted molar refractivity (Wildman–Crippen MR) is 262 cm³/mol. The minimum atomic E-state index is 1.14. The maximum atomic E-state index is 2.39. The Labute approximate surface area is 360 Å². The standard InChI is InChI=1S/C60H40N2/c1-2-15-41(16-3-1)49-19-4-5-20-50(49)46-18-14-17-44(39-46)45-33-38-51(42-29-34-47(35-30-42)61-57-25-10-6-21-52(57)53-22-7-11-26-58(53)61)56(40-45)43-31-36-48(37-32-43)62-59-27-12-8-23-54(59)55-24-9-13-28-60(55)62/h1-40H. The minimum Gasteiger partial charge on any atom is -0.309 e. The summed E-state index contributed by atoms with van der Waals surface area (Å²) < 4.78 is 4.77. The van der Waals surface area contributed by atoms with E-state index in [9.17, 15) is 0 Å². The van der Waals surface area contributed by atoms with Gasteiger partial charge in [-0.3, -0.25) is 0 Å². The topological polar surface area (TPSA) is 9.86 Å². The number of nitrogens with zero attached hydrogens (tertiary/aromatic N) is 2. The zero-order valence-corrected chi connectivity index (χ0v) is 34.0. The molecule has 0 aliphatic rings. The van der Waals surface area contributed by atoms with E-state index in [1.807, 2.05) is 0 Å². The van der Waals surface area contributed by atoms with Crippen LogP contribution in [0.5, 0.6) is 0 Å². The van der Waals surface area contributed by atoms with Gasteiger partial charge in [-0.2, -0.15) is 0 Å². The van der Waals surface area contributed by atoms with Gasteiger partial charge in [0.05, 0.1) is 22.1 Å². The molecule has 0 amide bonds. The van der Waals surface area contributed by atoms with Crippen LogP contribution in [0.4, 0.5) is 0 Å². The summed E-state index contributed by atoms with van der Waals surface area (Å²) in [6.45, 7) is 0. The van der Waals surface area contributed by atoms with Gasteiger partial charge in [-0.05, 0) is 116 Å². The molecule has 2 aromatic heterocycles. The Morgan fingerprint density at radius 1 is 0.194 bits per heavy atom. The summed E-state index contributed by atoms with van der Waals surface area (Å²) in [6.07, 6.45) is 0. The van der Waals surface area contributed by atoms with Crippen molar-refractivity contribution in [1.82, 2.24) is 9.13 Å². The van der Waals surface area contributed by atoms with Gasteiger partial charge in [-0.25, -0.2) is 0 Å². The summed E-state index contributed by atoms with van der Waals surface area (Å²) in [6, 6.07) is 88.4. The molecule has 10 aromatic carbocycles. The zero-order chi connectivity index (χ0) is 41.0. The Morgan fingerprint density at radius 2 is 0.532 bits per heavy atom. The van der Waals surface area contributed by atoms with E-state index in [1.165, 1.54) is 99.2 Å². The Hall–Kier alpha value is -8.20. The molecular weight excluding hydrogens is 749 g/mol. The molecule has 0 bridgehead atoms. The predicted octanol–water partition coefficient (Wildman–Crippen LogP) is 16.2. The van der Waals surface area contributed by atoms with Crippen molar-refractivity contribution in [2.75, 3.05) is 0 Å². The van der Waals surface area contributed by atoms with Crippen LogP contribution in [0.2, 0.25) is 0 Å². The maximum Gasteiger partial charge on any atom is 0.0541 e. The van der Waals surface area contributed by atoms with Crippen molar-refractivity contribution < 1.29 is 0 Å². The normalized spacial score (nSPS) is 11.5. The van der Waals surface area contributed by atoms with Gasteiger partial charge in [-0.1, -0.05) is 182 Å². The molecule has 0 saturated heterocycles. The number of aromatic nitrogens is 2. The second-order valence-corrected chi connectivity index (χ2v) is 16.1. The maximum absolute atomic E-state index is 2.39. The largest absolute Gasteiger partial charge is 0.309 e. The van der Waals surface area contributed by atoms with Crippen molar-refractivity contribution in [2.24, 2.45) is 0 Å². The fourth-order valence-corrected chi connectivity index (χ4v) is 9.67. The number of hydrogen-bond donors (Lipinski definition) is 0. The van der Waals surface area contributed by atoms with Crippen LogP contribution >= 0.6 is 0 Å². The van der Waals surface area contributed by atoms with Gasteiger partial charge >= 0.3 is 0 Å². The first kappa shape index (κ1) is 35.7. The lowest BCUT2D eigenvalue weighted by Gasteiger charge is -2.16. The molecular formula is C60H40N2. The fourth-order valence-electron chi connectivity index (χ4n) is 9.67. The lowest BCUT2D eigenvalue weighted by molar-refractivity contribution is 1.18. The van der Waals surface area contributed by atoms with E-state index >= 15 is 0 Å². The molecule has 2 nitrogen and oxygen atoms in total. The van der Waals surface area contributed by atoms with Gasteiger partial charge in [0.25, 0.3) is 0 Å². The molecule has 0 aliphatic heterocycles. The Bertz CT molecular complexity index is 3500. The first-order valence-corrected chi connectivity index (χ1v) is 21.3. The summed E-state index contributed by atoms with van der Waals surface area (Å²) in [5.74, 6) is 0. The molecule has 62 heavy (non-hydrogen) atoms. The van der Waals surface area contributed by atoms with Crippen molar-refractivity contribution in [3.05, 3.63) is 243 Å². The molecule has 0 spiro atoms. The van der Waals surface area contributed by atoms with Crippen molar-refractivity contribution >= 4 is 43.6 Å². The molecule has 290 valence electrons. The van der Waals surface area contributed by atoms with E-state index in [0.717, 1.165) is 11.4 Å². The van der Waals surface area contributed by atoms with E-state index in [0.29, 0.717) is 0 Å². The van der Waals surface area contributed by atoms with Crippen molar-refractivity contribution in [3.8, 4) is 67.0 Å². The van der Waals surface area contributed by atoms with Crippen LogP contribution < -0.4 is 0 Å². The van der Waals surface area contributed by atoms with E-state index in [-0.39, 0.29) is 0 Å². The average Bonchev–Trinajstić information content (AvgIpc) is 3.87.